The van der Waals surface area contributed by atoms with E-state index in [1.807, 2.05) is 0 Å². The Balaban J connectivity index is 1.35. The Kier molecular flexibility index (Phi) is 7.03. The van der Waals surface area contributed by atoms with Crippen LogP contribution in [-0.2, 0) is 21.5 Å². The van der Waals surface area contributed by atoms with Crippen LogP contribution in [0.25, 0.3) is 0 Å². The molecule has 2 saturated heterocycles. The molecule has 4 aromatic rings. The van der Waals surface area contributed by atoms with Gasteiger partial charge in [0, 0.05) is 31.3 Å². The number of nitrogens with zero attached hydrogens (tertiary/aromatic N) is 6. The molecule has 0 unspecified atom stereocenters. The maximum atomic E-state index is 13.8. The molecule has 2 aliphatic heterocycles. The fourth-order valence-corrected chi connectivity index (χ4v) is 5.47. The molecule has 15 nitrogen and oxygen atoms in total. The van der Waals surface area contributed by atoms with Crippen LogP contribution >= 0.6 is 11.6 Å². The molecule has 3 atom stereocenters. The number of imide groups is 1. The van der Waals surface area contributed by atoms with Gasteiger partial charge in [0.25, 0.3) is 17.3 Å². The van der Waals surface area contributed by atoms with Gasteiger partial charge in [0.15, 0.2) is 11.8 Å². The predicted molar refractivity (Wildman–Crippen MR) is 152 cm³/mol. The normalized spacial score (nSPS) is 19.3. The molecule has 1 aromatic heterocycles. The number of halogens is 1. The van der Waals surface area contributed by atoms with Crippen molar-refractivity contribution in [2.45, 2.75) is 12.1 Å². The monoisotopic (exact) mass is 618 g/mol. The van der Waals surface area contributed by atoms with Crippen LogP contribution in [0, 0.1) is 26.1 Å². The summed E-state index contributed by atoms with van der Waals surface area (Å²) in [5.74, 6) is -3.03. The molecule has 0 N–H and O–H groups in total. The Bertz CT molecular complexity index is 1820. The Labute approximate surface area is 252 Å². The van der Waals surface area contributed by atoms with E-state index < -0.39 is 45.7 Å². The highest BCUT2D eigenvalue weighted by Crippen LogP contribution is 2.48. The third-order valence-electron chi connectivity index (χ3n) is 7.25. The van der Waals surface area contributed by atoms with Crippen molar-refractivity contribution in [1.29, 1.82) is 0 Å². The fourth-order valence-electron chi connectivity index (χ4n) is 5.23. The summed E-state index contributed by atoms with van der Waals surface area (Å²) < 4.78 is 6.71. The number of carbonyl (C=O) groups excluding carboxylic acids is 3. The highest BCUT2D eigenvalue weighted by molar-refractivity contribution is 6.33. The average molecular weight is 619 g/mol. The third kappa shape index (κ3) is 4.79. The molecule has 0 aliphatic carbocycles. The number of benzene rings is 3. The second-order valence-electron chi connectivity index (χ2n) is 9.81. The fraction of sp³-hybridized carbons (Fsp3) is 0.143. The van der Waals surface area contributed by atoms with Crippen LogP contribution in [0.15, 0.2) is 79.0 Å². The average Bonchev–Trinajstić information content (AvgIpc) is 3.64. The van der Waals surface area contributed by atoms with Crippen molar-refractivity contribution in [3.05, 3.63) is 116 Å². The summed E-state index contributed by atoms with van der Waals surface area (Å²) in [7, 11) is 1.53. The smallest absolute Gasteiger partial charge is 0.363 e. The number of aryl methyl sites for hydroxylation is 1. The lowest BCUT2D eigenvalue weighted by molar-refractivity contribution is -0.385. The number of aromatic nitrogens is 2. The molecule has 3 heterocycles. The van der Waals surface area contributed by atoms with E-state index in [0.717, 1.165) is 4.90 Å². The molecule has 44 heavy (non-hydrogen) atoms. The molecule has 222 valence electrons. The van der Waals surface area contributed by atoms with Crippen molar-refractivity contribution >= 4 is 52.1 Å². The van der Waals surface area contributed by atoms with Gasteiger partial charge in [0.2, 0.25) is 5.91 Å². The highest BCUT2D eigenvalue weighted by Gasteiger charge is 2.60. The summed E-state index contributed by atoms with van der Waals surface area (Å²) in [6.45, 7) is 0. The lowest BCUT2D eigenvalue weighted by Crippen LogP contribution is -2.37. The van der Waals surface area contributed by atoms with Crippen molar-refractivity contribution in [2.24, 2.45) is 13.0 Å². The van der Waals surface area contributed by atoms with Crippen LogP contribution in [0.5, 0.6) is 5.75 Å². The van der Waals surface area contributed by atoms with Crippen molar-refractivity contribution in [1.82, 2.24) is 9.78 Å². The molecule has 0 bridgehead atoms. The van der Waals surface area contributed by atoms with Gasteiger partial charge in [-0.05, 0) is 35.9 Å². The van der Waals surface area contributed by atoms with E-state index in [1.54, 1.807) is 12.1 Å². The van der Waals surface area contributed by atoms with Crippen LogP contribution < -0.4 is 14.7 Å². The van der Waals surface area contributed by atoms with Gasteiger partial charge < -0.3 is 4.74 Å². The second kappa shape index (κ2) is 10.9. The van der Waals surface area contributed by atoms with Crippen LogP contribution in [0.4, 0.5) is 22.7 Å². The topological polar surface area (TPSA) is 180 Å². The number of anilines is 2. The molecule has 0 spiro atoms. The van der Waals surface area contributed by atoms with Crippen LogP contribution in [0.2, 0.25) is 5.02 Å². The summed E-state index contributed by atoms with van der Waals surface area (Å²) in [6, 6.07) is 15.6. The summed E-state index contributed by atoms with van der Waals surface area (Å²) >= 11 is 6.04. The van der Waals surface area contributed by atoms with Crippen LogP contribution in [0.3, 0.4) is 0 Å². The van der Waals surface area contributed by atoms with Crippen molar-refractivity contribution in [2.75, 3.05) is 9.96 Å². The lowest BCUT2D eigenvalue weighted by atomic mass is 9.90. The first-order valence-electron chi connectivity index (χ1n) is 12.9. The lowest BCUT2D eigenvalue weighted by Gasteiger charge is -2.28. The van der Waals surface area contributed by atoms with Gasteiger partial charge in [0.05, 0.1) is 38.5 Å². The molecular formula is C28H19ClN6O9. The van der Waals surface area contributed by atoms with E-state index >= 15 is 0 Å². The second-order valence-corrected chi connectivity index (χ2v) is 10.2. The number of fused-ring (bicyclic) bond motifs is 1. The third-order valence-corrected chi connectivity index (χ3v) is 7.53. The highest BCUT2D eigenvalue weighted by atomic mass is 35.5. The van der Waals surface area contributed by atoms with Gasteiger partial charge in [-0.1, -0.05) is 29.8 Å². The SMILES string of the molecule is Cn1ncc(Cl)c1C(=O)Oc1ccc([C@@H]2[C@@H]3C(=O)N(c4ccc([N+](=O)[O-])cc4)C(=O)[C@H]3ON2c2cccc([N+](=O)[O-])c2)cc1. The number of rotatable bonds is 7. The van der Waals surface area contributed by atoms with E-state index in [1.165, 1.54) is 83.7 Å². The molecule has 3 aromatic carbocycles. The van der Waals surface area contributed by atoms with Gasteiger partial charge in [-0.25, -0.2) is 14.8 Å². The Morgan fingerprint density at radius 2 is 1.61 bits per heavy atom. The largest absolute Gasteiger partial charge is 0.422 e. The molecule has 0 saturated carbocycles. The number of ether oxygens (including phenoxy) is 1. The first kappa shape index (κ1) is 28.4. The minimum atomic E-state index is -1.30. The number of hydrogen-bond acceptors (Lipinski definition) is 11. The molecule has 0 radical (unpaired) electrons. The maximum absolute atomic E-state index is 13.8. The van der Waals surface area contributed by atoms with E-state index in [9.17, 15) is 34.6 Å². The number of esters is 1. The minimum Gasteiger partial charge on any atom is -0.422 e. The molecule has 2 amide bonds. The van der Waals surface area contributed by atoms with Gasteiger partial charge in [-0.15, -0.1) is 0 Å². The standard InChI is InChI=1S/C28H19ClN6O9/c1-31-24(21(29)14-30-31)28(38)43-20-11-5-15(6-12-20)23-22-25(44-33(23)18-3-2-4-19(13-18)35(41)42)27(37)32(26(22)36)16-7-9-17(10-8-16)34(39)40/h2-14,22-23,25H,1H3/t22-,23+,25-/m0/s1. The van der Waals surface area contributed by atoms with Crippen molar-refractivity contribution in [3.8, 4) is 5.75 Å². The molecule has 2 fully saturated rings. The van der Waals surface area contributed by atoms with Gasteiger partial charge in [-0.2, -0.15) is 5.10 Å². The zero-order chi connectivity index (χ0) is 31.3. The van der Waals surface area contributed by atoms with Crippen LogP contribution in [-0.4, -0.2) is 43.5 Å². The van der Waals surface area contributed by atoms with Crippen LogP contribution in [0.1, 0.15) is 22.1 Å². The summed E-state index contributed by atoms with van der Waals surface area (Å²) in [4.78, 5) is 68.3. The molecular weight excluding hydrogens is 600 g/mol. The first-order chi connectivity index (χ1) is 21.0. The summed E-state index contributed by atoms with van der Waals surface area (Å²) in [5.41, 5.74) is 0.409. The molecule has 2 aliphatic rings. The van der Waals surface area contributed by atoms with Gasteiger partial charge >= 0.3 is 5.97 Å². The zero-order valence-electron chi connectivity index (χ0n) is 22.5. The van der Waals surface area contributed by atoms with E-state index in [0.29, 0.717) is 5.56 Å². The summed E-state index contributed by atoms with van der Waals surface area (Å²) in [5, 5.41) is 27.9. The number of non-ortho nitro benzene ring substituents is 2. The number of nitro benzene ring substituents is 2. The van der Waals surface area contributed by atoms with E-state index in [4.69, 9.17) is 21.2 Å². The van der Waals surface area contributed by atoms with E-state index in [2.05, 4.69) is 5.10 Å². The number of carbonyl (C=O) groups is 3. The number of amides is 2. The van der Waals surface area contributed by atoms with E-state index in [-0.39, 0.29) is 39.2 Å². The maximum Gasteiger partial charge on any atom is 0.363 e. The number of hydroxylamine groups is 1. The van der Waals surface area contributed by atoms with Crippen molar-refractivity contribution in [3.63, 3.8) is 0 Å². The Morgan fingerprint density at radius 1 is 0.932 bits per heavy atom. The molecule has 16 heteroatoms. The number of hydrogen-bond donors (Lipinski definition) is 0. The zero-order valence-corrected chi connectivity index (χ0v) is 23.2. The molecule has 6 rings (SSSR count). The van der Waals surface area contributed by atoms with Gasteiger partial charge in [-0.3, -0.25) is 39.3 Å². The predicted octanol–water partition coefficient (Wildman–Crippen LogP) is 4.16. The Morgan fingerprint density at radius 3 is 2.23 bits per heavy atom. The number of nitro groups is 2. The van der Waals surface area contributed by atoms with Gasteiger partial charge in [0.1, 0.15) is 11.7 Å². The summed E-state index contributed by atoms with van der Waals surface area (Å²) in [6.07, 6.45) is 0.00611. The quantitative estimate of drug-likeness (QED) is 0.0953. The minimum absolute atomic E-state index is 0.0426. The van der Waals surface area contributed by atoms with Crippen molar-refractivity contribution < 1.29 is 33.8 Å². The first-order valence-corrected chi connectivity index (χ1v) is 13.3. The Hall–Kier alpha value is -5.67.